The van der Waals surface area contributed by atoms with Crippen molar-refractivity contribution in [3.63, 3.8) is 0 Å². The number of halogens is 1. The summed E-state index contributed by atoms with van der Waals surface area (Å²) in [4.78, 5) is 4.10. The number of hydrogen-bond acceptors (Lipinski definition) is 1. The van der Waals surface area contributed by atoms with Crippen molar-refractivity contribution < 1.29 is 0 Å². The average molecular weight is 295 g/mol. The van der Waals surface area contributed by atoms with Gasteiger partial charge >= 0.3 is 0 Å². The Morgan fingerprint density at radius 2 is 1.52 bits per heavy atom. The van der Waals surface area contributed by atoms with E-state index < -0.39 is 0 Å². The Balaban J connectivity index is 2.07. The van der Waals surface area contributed by atoms with Crippen LogP contribution in [0.4, 0.5) is 0 Å². The summed E-state index contributed by atoms with van der Waals surface area (Å²) in [5, 5.41) is 0.774. The molecule has 0 aliphatic rings. The normalized spacial score (nSPS) is 12.0. The topological polar surface area (TPSA) is 17.8 Å². The Bertz CT molecular complexity index is 716. The van der Waals surface area contributed by atoms with Crippen LogP contribution in [0.3, 0.4) is 0 Å². The van der Waals surface area contributed by atoms with E-state index >= 15 is 0 Å². The smallest absolute Gasteiger partial charge is 0.0949 e. The molecule has 104 valence electrons. The molecule has 0 saturated carbocycles. The molecule has 21 heavy (non-hydrogen) atoms. The molecule has 1 heterocycles. The Hall–Kier alpha value is -2.32. The fourth-order valence-corrected chi connectivity index (χ4v) is 2.54. The zero-order valence-corrected chi connectivity index (χ0v) is 12.2. The summed E-state index contributed by atoms with van der Waals surface area (Å²) in [5.74, 6) is 0. The van der Waals surface area contributed by atoms with E-state index in [0.29, 0.717) is 6.54 Å². The zero-order valence-electron chi connectivity index (χ0n) is 11.5. The molecule has 0 radical (unpaired) electrons. The predicted molar refractivity (Wildman–Crippen MR) is 87.8 cm³/mol. The zero-order chi connectivity index (χ0) is 14.5. The van der Waals surface area contributed by atoms with Gasteiger partial charge in [-0.05, 0) is 16.7 Å². The Labute approximate surface area is 129 Å². The highest BCUT2D eigenvalue weighted by molar-refractivity contribution is 6.52. The quantitative estimate of drug-likeness (QED) is 0.638. The summed E-state index contributed by atoms with van der Waals surface area (Å²) in [6.07, 6.45) is 5.52. The highest BCUT2D eigenvalue weighted by atomic mass is 35.5. The van der Waals surface area contributed by atoms with Crippen LogP contribution in [-0.4, -0.2) is 9.55 Å². The van der Waals surface area contributed by atoms with E-state index in [1.807, 2.05) is 59.3 Å². The minimum atomic E-state index is 0.692. The van der Waals surface area contributed by atoms with Gasteiger partial charge in [0.05, 0.1) is 17.9 Å². The minimum Gasteiger partial charge on any atom is -0.333 e. The molecular formula is C18H15ClN2. The fraction of sp³-hybridized carbons (Fsp3) is 0.0556. The lowest BCUT2D eigenvalue weighted by molar-refractivity contribution is 0.835. The summed E-state index contributed by atoms with van der Waals surface area (Å²) in [5.41, 5.74) is 3.24. The van der Waals surface area contributed by atoms with Gasteiger partial charge in [-0.1, -0.05) is 72.3 Å². The van der Waals surface area contributed by atoms with Crippen LogP contribution < -0.4 is 0 Å². The van der Waals surface area contributed by atoms with Gasteiger partial charge in [0.25, 0.3) is 0 Å². The number of allylic oxidation sites excluding steroid dienone is 1. The van der Waals surface area contributed by atoms with Crippen LogP contribution in [0, 0.1) is 0 Å². The van der Waals surface area contributed by atoms with Crippen molar-refractivity contribution in [2.24, 2.45) is 0 Å². The van der Waals surface area contributed by atoms with Gasteiger partial charge in [0, 0.05) is 12.4 Å². The number of imidazole rings is 1. The van der Waals surface area contributed by atoms with Crippen LogP contribution in [0.2, 0.25) is 0 Å². The summed E-state index contributed by atoms with van der Waals surface area (Å²) in [6, 6.07) is 20.3. The Kier molecular flexibility index (Phi) is 4.17. The van der Waals surface area contributed by atoms with Crippen molar-refractivity contribution in [3.05, 3.63) is 90.5 Å². The molecule has 2 nitrogen and oxygen atoms in total. The van der Waals surface area contributed by atoms with E-state index in [1.54, 1.807) is 12.5 Å². The van der Waals surface area contributed by atoms with Crippen LogP contribution in [0.15, 0.2) is 79.4 Å². The first-order valence-electron chi connectivity index (χ1n) is 6.80. The van der Waals surface area contributed by atoms with Gasteiger partial charge in [-0.3, -0.25) is 0 Å². The van der Waals surface area contributed by atoms with Crippen molar-refractivity contribution in [2.45, 2.75) is 6.54 Å². The molecule has 3 heteroatoms. The lowest BCUT2D eigenvalue weighted by Gasteiger charge is -2.12. The standard InChI is InChI=1S/C18H15ClN2/c19-18(16-9-5-2-6-10-16)17(13-21-12-11-20-14-21)15-7-3-1-4-8-15/h1-12,14H,13H2/b18-17+. The van der Waals surface area contributed by atoms with Crippen LogP contribution in [0.5, 0.6) is 0 Å². The highest BCUT2D eigenvalue weighted by Gasteiger charge is 2.10. The highest BCUT2D eigenvalue weighted by Crippen LogP contribution is 2.30. The number of benzene rings is 2. The third-order valence-corrected chi connectivity index (χ3v) is 3.76. The number of rotatable bonds is 4. The number of aromatic nitrogens is 2. The summed E-state index contributed by atoms with van der Waals surface area (Å²) < 4.78 is 2.02. The van der Waals surface area contributed by atoms with E-state index in [0.717, 1.165) is 21.7 Å². The maximum Gasteiger partial charge on any atom is 0.0949 e. The number of nitrogens with zero attached hydrogens (tertiary/aromatic N) is 2. The first-order valence-corrected chi connectivity index (χ1v) is 7.17. The molecule has 0 spiro atoms. The third-order valence-electron chi connectivity index (χ3n) is 3.31. The minimum absolute atomic E-state index is 0.692. The monoisotopic (exact) mass is 294 g/mol. The second-order valence-corrected chi connectivity index (χ2v) is 5.14. The molecule has 1 aromatic heterocycles. The van der Waals surface area contributed by atoms with Gasteiger partial charge < -0.3 is 4.57 Å². The van der Waals surface area contributed by atoms with Gasteiger partial charge in [-0.25, -0.2) is 4.98 Å². The predicted octanol–water partition coefficient (Wildman–Crippen LogP) is 4.69. The molecule has 3 aromatic rings. The maximum atomic E-state index is 6.67. The molecule has 0 unspecified atom stereocenters. The lowest BCUT2D eigenvalue weighted by Crippen LogP contribution is -2.00. The van der Waals surface area contributed by atoms with Crippen molar-refractivity contribution in [1.82, 2.24) is 9.55 Å². The maximum absolute atomic E-state index is 6.67. The third kappa shape index (κ3) is 3.23. The van der Waals surface area contributed by atoms with E-state index in [9.17, 15) is 0 Å². The molecule has 0 aliphatic heterocycles. The summed E-state index contributed by atoms with van der Waals surface area (Å²) in [6.45, 7) is 0.692. The van der Waals surface area contributed by atoms with Crippen molar-refractivity contribution in [2.75, 3.05) is 0 Å². The molecule has 3 rings (SSSR count). The molecule has 0 saturated heterocycles. The molecule has 2 aromatic carbocycles. The number of hydrogen-bond donors (Lipinski definition) is 0. The van der Waals surface area contributed by atoms with E-state index in [-0.39, 0.29) is 0 Å². The van der Waals surface area contributed by atoms with Crippen LogP contribution in [0.1, 0.15) is 11.1 Å². The Morgan fingerprint density at radius 1 is 0.905 bits per heavy atom. The van der Waals surface area contributed by atoms with Crippen LogP contribution in [0.25, 0.3) is 10.6 Å². The van der Waals surface area contributed by atoms with Crippen molar-refractivity contribution >= 4 is 22.2 Å². The van der Waals surface area contributed by atoms with Gasteiger partial charge in [0.15, 0.2) is 0 Å². The Morgan fingerprint density at radius 3 is 2.10 bits per heavy atom. The molecule has 0 atom stereocenters. The lowest BCUT2D eigenvalue weighted by atomic mass is 10.0. The molecule has 0 bridgehead atoms. The second-order valence-electron chi connectivity index (χ2n) is 4.76. The van der Waals surface area contributed by atoms with Gasteiger partial charge in [-0.2, -0.15) is 0 Å². The molecule has 0 N–H and O–H groups in total. The van der Waals surface area contributed by atoms with Crippen LogP contribution in [-0.2, 0) is 6.54 Å². The first-order chi connectivity index (χ1) is 10.3. The van der Waals surface area contributed by atoms with E-state index in [4.69, 9.17) is 11.6 Å². The summed E-state index contributed by atoms with van der Waals surface area (Å²) in [7, 11) is 0. The fourth-order valence-electron chi connectivity index (χ4n) is 2.25. The average Bonchev–Trinajstić information content (AvgIpc) is 3.07. The van der Waals surface area contributed by atoms with Crippen molar-refractivity contribution in [1.29, 1.82) is 0 Å². The SMILES string of the molecule is Cl/C(=C(\Cn1ccnc1)c1ccccc1)c1ccccc1. The van der Waals surface area contributed by atoms with E-state index in [2.05, 4.69) is 17.1 Å². The molecule has 0 fully saturated rings. The molecule has 0 aliphatic carbocycles. The van der Waals surface area contributed by atoms with Gasteiger partial charge in [0.1, 0.15) is 0 Å². The summed E-state index contributed by atoms with van der Waals surface area (Å²) >= 11 is 6.67. The van der Waals surface area contributed by atoms with Crippen molar-refractivity contribution in [3.8, 4) is 0 Å². The van der Waals surface area contributed by atoms with Gasteiger partial charge in [-0.15, -0.1) is 0 Å². The molecular weight excluding hydrogens is 280 g/mol. The van der Waals surface area contributed by atoms with Crippen LogP contribution >= 0.6 is 11.6 Å². The second kappa shape index (κ2) is 6.42. The largest absolute Gasteiger partial charge is 0.333 e. The first kappa shape index (κ1) is 13.7. The van der Waals surface area contributed by atoms with E-state index in [1.165, 1.54) is 0 Å². The molecule has 0 amide bonds. The van der Waals surface area contributed by atoms with Gasteiger partial charge in [0.2, 0.25) is 0 Å².